The summed E-state index contributed by atoms with van der Waals surface area (Å²) in [5.41, 5.74) is 32.3. The fourth-order valence-electron chi connectivity index (χ4n) is 18.5. The molecule has 0 fully saturated rings. The van der Waals surface area contributed by atoms with Crippen molar-refractivity contribution in [3.05, 3.63) is 493 Å². The number of nitrogens with zero attached hydrogens (tertiary/aromatic N) is 2. The van der Waals surface area contributed by atoms with Crippen molar-refractivity contribution < 1.29 is 4.42 Å². The van der Waals surface area contributed by atoms with Gasteiger partial charge in [-0.15, -0.1) is 11.3 Å². The normalized spacial score (nSPS) is 12.7. The molecule has 114 heavy (non-hydrogen) atoms. The summed E-state index contributed by atoms with van der Waals surface area (Å²) in [7, 11) is 0. The van der Waals surface area contributed by atoms with E-state index in [-0.39, 0.29) is 0 Å². The van der Waals surface area contributed by atoms with Gasteiger partial charge in [0.25, 0.3) is 0 Å². The Kier molecular flexibility index (Phi) is 16.9. The number of anilines is 6. The van der Waals surface area contributed by atoms with Gasteiger partial charge in [-0.1, -0.05) is 352 Å². The molecule has 18 aromatic carbocycles. The van der Waals surface area contributed by atoms with Crippen LogP contribution in [0.4, 0.5) is 34.1 Å². The van der Waals surface area contributed by atoms with Gasteiger partial charge in [-0.2, -0.15) is 0 Å². The lowest BCUT2D eigenvalue weighted by molar-refractivity contribution is 0.648. The Bertz CT molecular complexity index is 6480. The van der Waals surface area contributed by atoms with E-state index in [0.717, 1.165) is 67.2 Å². The van der Waals surface area contributed by atoms with Gasteiger partial charge in [0.05, 0.1) is 10.8 Å². The van der Waals surface area contributed by atoms with Gasteiger partial charge in [0.15, 0.2) is 0 Å². The van der Waals surface area contributed by atoms with Crippen molar-refractivity contribution in [1.29, 1.82) is 0 Å². The molecule has 0 bridgehead atoms. The van der Waals surface area contributed by atoms with Crippen molar-refractivity contribution in [1.82, 2.24) is 0 Å². The van der Waals surface area contributed by atoms with Crippen LogP contribution < -0.4 is 9.80 Å². The average Bonchev–Trinajstić information content (AvgIpc) is 1.53. The third-order valence-electron chi connectivity index (χ3n) is 23.4. The topological polar surface area (TPSA) is 19.6 Å². The van der Waals surface area contributed by atoms with Crippen LogP contribution in [0.1, 0.15) is 44.5 Å². The second-order valence-corrected chi connectivity index (χ2v) is 30.7. The lowest BCUT2D eigenvalue weighted by Gasteiger charge is -2.34. The zero-order valence-electron chi connectivity index (χ0n) is 62.4. The summed E-state index contributed by atoms with van der Waals surface area (Å²) >= 11 is 1.91. The highest BCUT2D eigenvalue weighted by atomic mass is 32.1. The fourth-order valence-corrected chi connectivity index (χ4v) is 19.8. The van der Waals surface area contributed by atoms with Gasteiger partial charge >= 0.3 is 0 Å². The van der Waals surface area contributed by atoms with Crippen molar-refractivity contribution in [3.63, 3.8) is 0 Å². The lowest BCUT2D eigenvalue weighted by atomic mass is 9.67. The molecule has 0 radical (unpaired) electrons. The number of thiophene rings is 1. The zero-order chi connectivity index (χ0) is 75.5. The average molecular weight is 1470 g/mol. The molecule has 0 unspecified atom stereocenters. The minimum atomic E-state index is -0.557. The lowest BCUT2D eigenvalue weighted by Crippen LogP contribution is -2.28. The monoisotopic (exact) mass is 1470 g/mol. The molecule has 2 heterocycles. The molecule has 0 saturated carbocycles. The van der Waals surface area contributed by atoms with E-state index < -0.39 is 10.8 Å². The van der Waals surface area contributed by atoms with Crippen LogP contribution in [0.5, 0.6) is 0 Å². The first-order chi connectivity index (χ1) is 56.5. The third kappa shape index (κ3) is 11.3. The fraction of sp³-hybridized carbons (Fsp3) is 0.0182. The molecule has 3 nitrogen and oxygen atoms in total. The van der Waals surface area contributed by atoms with Gasteiger partial charge < -0.3 is 14.2 Å². The zero-order valence-corrected chi connectivity index (χ0v) is 63.3. The van der Waals surface area contributed by atoms with Gasteiger partial charge in [0.2, 0.25) is 0 Å². The highest BCUT2D eigenvalue weighted by Crippen LogP contribution is 2.60. The molecule has 0 spiro atoms. The highest BCUT2D eigenvalue weighted by Gasteiger charge is 2.49. The molecule has 0 aliphatic heterocycles. The Morgan fingerprint density at radius 3 is 0.982 bits per heavy atom. The molecule has 0 atom stereocenters. The molecular formula is C110H74N2OS. The van der Waals surface area contributed by atoms with Crippen LogP contribution in [0.3, 0.4) is 0 Å². The highest BCUT2D eigenvalue weighted by molar-refractivity contribution is 7.26. The standard InChI is InChI=1S/C55H37NO.C55H37NS/c2*1-4-17-38(18-5-1)39-19-14-20-40(35-39)41-21-15-26-44(36-41)56(43-24-8-3-9-25-43)45-33-34-53-49(37-45)48-29-16-32-52(54(48)57-53)55(42-22-6-2-7-23-42)50-30-12-10-27-46(50)47-28-11-13-31-51(47)55/h2*1-37H. The Hall–Kier alpha value is -14.4. The number of furan rings is 1. The summed E-state index contributed by atoms with van der Waals surface area (Å²) in [5.74, 6) is 0. The molecule has 0 amide bonds. The summed E-state index contributed by atoms with van der Waals surface area (Å²) in [6.07, 6.45) is 0. The minimum absolute atomic E-state index is 0.452. The van der Waals surface area contributed by atoms with Crippen LogP contribution >= 0.6 is 11.3 Å². The molecule has 22 rings (SSSR count). The van der Waals surface area contributed by atoms with E-state index in [0.29, 0.717) is 0 Å². The van der Waals surface area contributed by atoms with Crippen LogP contribution in [-0.4, -0.2) is 0 Å². The van der Waals surface area contributed by atoms with Gasteiger partial charge in [-0.25, -0.2) is 0 Å². The van der Waals surface area contributed by atoms with Gasteiger partial charge in [-0.3, -0.25) is 0 Å². The Balaban J connectivity index is 0.000000143. The third-order valence-corrected chi connectivity index (χ3v) is 24.7. The van der Waals surface area contributed by atoms with Gasteiger partial charge in [0.1, 0.15) is 11.2 Å². The Morgan fingerprint density at radius 2 is 0.518 bits per heavy atom. The second kappa shape index (κ2) is 28.5. The van der Waals surface area contributed by atoms with Crippen LogP contribution in [0.2, 0.25) is 0 Å². The van der Waals surface area contributed by atoms with Crippen LogP contribution in [0.25, 0.3) is 109 Å². The maximum atomic E-state index is 7.02. The summed E-state index contributed by atoms with van der Waals surface area (Å²) < 4.78 is 9.63. The van der Waals surface area contributed by atoms with Gasteiger partial charge in [0, 0.05) is 70.6 Å². The van der Waals surface area contributed by atoms with Crippen LogP contribution in [0, 0.1) is 0 Å². The van der Waals surface area contributed by atoms with Crippen molar-refractivity contribution in [3.8, 4) is 66.8 Å². The van der Waals surface area contributed by atoms with Crippen LogP contribution in [-0.2, 0) is 10.8 Å². The van der Waals surface area contributed by atoms with E-state index in [2.05, 4.69) is 459 Å². The van der Waals surface area contributed by atoms with E-state index in [1.54, 1.807) is 0 Å². The summed E-state index contributed by atoms with van der Waals surface area (Å²) in [4.78, 5) is 4.74. The van der Waals surface area contributed by atoms with Crippen molar-refractivity contribution in [2.45, 2.75) is 10.8 Å². The molecule has 4 heteroatoms. The predicted molar refractivity (Wildman–Crippen MR) is 479 cm³/mol. The molecule has 20 aromatic rings. The number of benzene rings is 18. The van der Waals surface area contributed by atoms with Crippen molar-refractivity contribution in [2.75, 3.05) is 9.80 Å². The number of rotatable bonds is 14. The number of para-hydroxylation sites is 3. The van der Waals surface area contributed by atoms with E-state index in [1.165, 1.54) is 120 Å². The second-order valence-electron chi connectivity index (χ2n) is 29.7. The molecule has 2 aromatic heterocycles. The molecular weight excluding hydrogens is 1400 g/mol. The minimum Gasteiger partial charge on any atom is -0.456 e. The SMILES string of the molecule is c1ccc(-c2cccc(-c3cccc(N(c4ccccc4)c4ccc5oc6c(C7(c8ccccc8)c8ccccc8-c8ccccc87)cccc6c5c4)c3)c2)cc1.c1ccc(-c2cccc(-c3cccc(N(c4ccccc4)c4ccc5sc6c(C7(c8ccccc8)c8ccccc8-c8ccccc87)cccc6c5c4)c3)c2)cc1. The number of hydrogen-bond donors (Lipinski definition) is 0. The summed E-state index contributed by atoms with van der Waals surface area (Å²) in [5, 5.41) is 4.73. The van der Waals surface area contributed by atoms with E-state index >= 15 is 0 Å². The largest absolute Gasteiger partial charge is 0.456 e. The first-order valence-electron chi connectivity index (χ1n) is 39.2. The summed E-state index contributed by atoms with van der Waals surface area (Å²) in [6, 6.07) is 163. The smallest absolute Gasteiger partial charge is 0.140 e. The molecule has 0 N–H and O–H groups in total. The van der Waals surface area contributed by atoms with Crippen LogP contribution in [0.15, 0.2) is 453 Å². The van der Waals surface area contributed by atoms with E-state index in [1.807, 2.05) is 11.3 Å². The van der Waals surface area contributed by atoms with E-state index in [4.69, 9.17) is 4.42 Å². The quantitative estimate of drug-likeness (QED) is 0.108. The van der Waals surface area contributed by atoms with Crippen molar-refractivity contribution >= 4 is 87.6 Å². The molecule has 536 valence electrons. The Labute approximate surface area is 668 Å². The first kappa shape index (κ1) is 67.7. The Morgan fingerprint density at radius 1 is 0.202 bits per heavy atom. The number of fused-ring (bicyclic) bond motifs is 12. The molecule has 2 aliphatic rings. The van der Waals surface area contributed by atoms with E-state index in [9.17, 15) is 0 Å². The summed E-state index contributed by atoms with van der Waals surface area (Å²) in [6.45, 7) is 0. The van der Waals surface area contributed by atoms with Gasteiger partial charge in [-0.05, 0) is 203 Å². The predicted octanol–water partition coefficient (Wildman–Crippen LogP) is 30.0. The maximum absolute atomic E-state index is 7.02. The molecule has 2 aliphatic carbocycles. The maximum Gasteiger partial charge on any atom is 0.140 e. The first-order valence-corrected chi connectivity index (χ1v) is 40.0. The molecule has 0 saturated heterocycles. The van der Waals surface area contributed by atoms with Crippen molar-refractivity contribution in [2.24, 2.45) is 0 Å². The number of hydrogen-bond acceptors (Lipinski definition) is 4.